The van der Waals surface area contributed by atoms with E-state index in [1.54, 1.807) is 0 Å². The van der Waals surface area contributed by atoms with Crippen LogP contribution in [0.2, 0.25) is 5.02 Å². The minimum absolute atomic E-state index is 0.706. The van der Waals surface area contributed by atoms with Crippen molar-refractivity contribution >= 4 is 27.5 Å². The first-order valence-electron chi connectivity index (χ1n) is 7.69. The summed E-state index contributed by atoms with van der Waals surface area (Å²) in [5, 5.41) is 6.40. The van der Waals surface area contributed by atoms with Gasteiger partial charge >= 0.3 is 0 Å². The summed E-state index contributed by atoms with van der Waals surface area (Å²) in [7, 11) is 0. The van der Waals surface area contributed by atoms with Crippen LogP contribution in [0.1, 0.15) is 50.4 Å². The maximum Gasteiger partial charge on any atom is 0.0860 e. The van der Waals surface area contributed by atoms with E-state index in [2.05, 4.69) is 37.5 Å². The van der Waals surface area contributed by atoms with Gasteiger partial charge in [0.25, 0.3) is 0 Å². The van der Waals surface area contributed by atoms with Gasteiger partial charge in [0.1, 0.15) is 0 Å². The molecule has 1 aromatic heterocycles. The van der Waals surface area contributed by atoms with E-state index in [1.165, 1.54) is 37.8 Å². The summed E-state index contributed by atoms with van der Waals surface area (Å²) in [6, 6.07) is 0.706. The fraction of sp³-hybridized carbons (Fsp3) is 0.800. The fourth-order valence-electron chi connectivity index (χ4n) is 3.16. The number of hydrogen-bond donors (Lipinski definition) is 0. The molecule has 0 N–H and O–H groups in total. The molecular weight excluding hydrogens is 338 g/mol. The first kappa shape index (κ1) is 16.3. The minimum atomic E-state index is 0.706. The zero-order valence-electron chi connectivity index (χ0n) is 12.5. The molecule has 0 atom stereocenters. The summed E-state index contributed by atoms with van der Waals surface area (Å²) >= 11 is 10.0. The first-order valence-corrected chi connectivity index (χ1v) is 9.19. The van der Waals surface area contributed by atoms with Gasteiger partial charge in [-0.2, -0.15) is 5.10 Å². The number of aryl methyl sites for hydroxylation is 2. The van der Waals surface area contributed by atoms with E-state index in [0.717, 1.165) is 35.7 Å². The van der Waals surface area contributed by atoms with Crippen molar-refractivity contribution in [3.8, 4) is 0 Å². The van der Waals surface area contributed by atoms with Gasteiger partial charge in [-0.15, -0.1) is 0 Å². The highest BCUT2D eigenvalue weighted by atomic mass is 79.9. The van der Waals surface area contributed by atoms with E-state index < -0.39 is 0 Å². The molecule has 5 heteroatoms. The van der Waals surface area contributed by atoms with Crippen LogP contribution in [-0.4, -0.2) is 32.6 Å². The average molecular weight is 363 g/mol. The number of halogens is 2. The number of aromatic nitrogens is 2. The second-order valence-corrected chi connectivity index (χ2v) is 6.78. The SMILES string of the molecule is CCn1nc(C)c(Cl)c1CN(CCBr)C1CCCCC1. The molecule has 1 aliphatic carbocycles. The lowest BCUT2D eigenvalue weighted by Crippen LogP contribution is -2.38. The highest BCUT2D eigenvalue weighted by Gasteiger charge is 2.23. The summed E-state index contributed by atoms with van der Waals surface area (Å²) in [5.41, 5.74) is 2.13. The molecule has 1 aromatic rings. The smallest absolute Gasteiger partial charge is 0.0860 e. The topological polar surface area (TPSA) is 21.1 Å². The highest BCUT2D eigenvalue weighted by Crippen LogP contribution is 2.27. The van der Waals surface area contributed by atoms with E-state index in [-0.39, 0.29) is 0 Å². The van der Waals surface area contributed by atoms with Crippen LogP contribution < -0.4 is 0 Å². The second-order valence-electron chi connectivity index (χ2n) is 5.61. The fourth-order valence-corrected chi connectivity index (χ4v) is 3.81. The Labute approximate surface area is 135 Å². The molecule has 0 spiro atoms. The van der Waals surface area contributed by atoms with Crippen molar-refractivity contribution in [3.63, 3.8) is 0 Å². The van der Waals surface area contributed by atoms with Crippen LogP contribution in [-0.2, 0) is 13.1 Å². The molecule has 1 aliphatic rings. The third-order valence-corrected chi connectivity index (χ3v) is 5.11. The molecule has 0 amide bonds. The molecule has 0 bridgehead atoms. The van der Waals surface area contributed by atoms with Crippen molar-refractivity contribution in [1.82, 2.24) is 14.7 Å². The van der Waals surface area contributed by atoms with Crippen LogP contribution in [0.5, 0.6) is 0 Å². The number of nitrogens with zero attached hydrogens (tertiary/aromatic N) is 3. The van der Waals surface area contributed by atoms with Gasteiger partial charge in [0, 0.05) is 31.0 Å². The van der Waals surface area contributed by atoms with E-state index in [0.29, 0.717) is 6.04 Å². The standard InChI is InChI=1S/C15H25BrClN3/c1-3-20-14(15(17)12(2)18-20)11-19(10-9-16)13-7-5-4-6-8-13/h13H,3-11H2,1-2H3. The van der Waals surface area contributed by atoms with E-state index in [1.807, 2.05) is 6.92 Å². The van der Waals surface area contributed by atoms with Gasteiger partial charge < -0.3 is 0 Å². The Morgan fingerprint density at radius 1 is 1.35 bits per heavy atom. The van der Waals surface area contributed by atoms with Gasteiger partial charge in [-0.25, -0.2) is 0 Å². The van der Waals surface area contributed by atoms with Gasteiger partial charge in [-0.05, 0) is 26.7 Å². The maximum atomic E-state index is 6.45. The molecule has 0 aromatic carbocycles. The molecule has 0 unspecified atom stereocenters. The van der Waals surface area contributed by atoms with Gasteiger partial charge in [0.05, 0.1) is 16.4 Å². The van der Waals surface area contributed by atoms with Crippen LogP contribution >= 0.6 is 27.5 Å². The molecule has 1 fully saturated rings. The Balaban J connectivity index is 2.14. The largest absolute Gasteiger partial charge is 0.294 e. The normalized spacial score (nSPS) is 17.1. The Hall–Kier alpha value is -0.0600. The summed E-state index contributed by atoms with van der Waals surface area (Å²) in [6.45, 7) is 7.00. The summed E-state index contributed by atoms with van der Waals surface area (Å²) in [5.74, 6) is 0. The zero-order chi connectivity index (χ0) is 14.5. The molecule has 2 rings (SSSR count). The van der Waals surface area contributed by atoms with Gasteiger partial charge in [0.2, 0.25) is 0 Å². The van der Waals surface area contributed by atoms with E-state index in [9.17, 15) is 0 Å². The van der Waals surface area contributed by atoms with Crippen LogP contribution in [0.25, 0.3) is 0 Å². The molecule has 0 saturated heterocycles. The zero-order valence-corrected chi connectivity index (χ0v) is 14.9. The van der Waals surface area contributed by atoms with Crippen molar-refractivity contribution in [3.05, 3.63) is 16.4 Å². The summed E-state index contributed by atoms with van der Waals surface area (Å²) < 4.78 is 2.06. The molecule has 0 aliphatic heterocycles. The van der Waals surface area contributed by atoms with Crippen molar-refractivity contribution in [2.45, 2.75) is 65.1 Å². The minimum Gasteiger partial charge on any atom is -0.294 e. The molecule has 3 nitrogen and oxygen atoms in total. The van der Waals surface area contributed by atoms with Crippen LogP contribution in [0.15, 0.2) is 0 Å². The summed E-state index contributed by atoms with van der Waals surface area (Å²) in [6.07, 6.45) is 6.77. The van der Waals surface area contributed by atoms with Crippen molar-refractivity contribution in [1.29, 1.82) is 0 Å². The van der Waals surface area contributed by atoms with E-state index in [4.69, 9.17) is 11.6 Å². The molecule has 20 heavy (non-hydrogen) atoms. The number of alkyl halides is 1. The Morgan fingerprint density at radius 2 is 2.05 bits per heavy atom. The quantitative estimate of drug-likeness (QED) is 0.700. The molecule has 1 heterocycles. The van der Waals surface area contributed by atoms with Gasteiger partial charge in [-0.3, -0.25) is 9.58 Å². The molecule has 114 valence electrons. The molecule has 1 saturated carbocycles. The lowest BCUT2D eigenvalue weighted by Gasteiger charge is -2.34. The lowest BCUT2D eigenvalue weighted by molar-refractivity contribution is 0.154. The Bertz CT molecular complexity index is 427. The Kier molecular flexibility index (Phi) is 6.37. The monoisotopic (exact) mass is 361 g/mol. The van der Waals surface area contributed by atoms with Crippen molar-refractivity contribution < 1.29 is 0 Å². The molecule has 0 radical (unpaired) electrons. The van der Waals surface area contributed by atoms with Crippen LogP contribution in [0.4, 0.5) is 0 Å². The third kappa shape index (κ3) is 3.77. The first-order chi connectivity index (χ1) is 9.67. The predicted octanol–water partition coefficient (Wildman–Crippen LogP) is 4.39. The van der Waals surface area contributed by atoms with Crippen LogP contribution in [0.3, 0.4) is 0 Å². The number of rotatable bonds is 6. The second kappa shape index (κ2) is 7.81. The summed E-state index contributed by atoms with van der Waals surface area (Å²) in [4.78, 5) is 2.59. The average Bonchev–Trinajstić information content (AvgIpc) is 2.75. The van der Waals surface area contributed by atoms with Crippen molar-refractivity contribution in [2.75, 3.05) is 11.9 Å². The van der Waals surface area contributed by atoms with Crippen molar-refractivity contribution in [2.24, 2.45) is 0 Å². The maximum absolute atomic E-state index is 6.45. The van der Waals surface area contributed by atoms with Gasteiger partial charge in [0.15, 0.2) is 0 Å². The lowest BCUT2D eigenvalue weighted by atomic mass is 9.94. The molecular formula is C15H25BrClN3. The Morgan fingerprint density at radius 3 is 2.65 bits per heavy atom. The van der Waals surface area contributed by atoms with Gasteiger partial charge in [-0.1, -0.05) is 46.8 Å². The van der Waals surface area contributed by atoms with Crippen LogP contribution in [0, 0.1) is 6.92 Å². The highest BCUT2D eigenvalue weighted by molar-refractivity contribution is 9.09. The third-order valence-electron chi connectivity index (χ3n) is 4.27. The van der Waals surface area contributed by atoms with E-state index >= 15 is 0 Å². The number of hydrogen-bond acceptors (Lipinski definition) is 2. The predicted molar refractivity (Wildman–Crippen MR) is 88.7 cm³/mol.